The van der Waals surface area contributed by atoms with E-state index in [1.165, 1.54) is 6.07 Å². The van der Waals surface area contributed by atoms with Gasteiger partial charge in [0.1, 0.15) is 0 Å². The van der Waals surface area contributed by atoms with Crippen LogP contribution in [0.1, 0.15) is 31.1 Å². The Labute approximate surface area is 120 Å². The van der Waals surface area contributed by atoms with E-state index in [0.29, 0.717) is 11.0 Å². The van der Waals surface area contributed by atoms with Crippen LogP contribution in [0, 0.1) is 5.41 Å². The Kier molecular flexibility index (Phi) is 4.94. The molecule has 1 aromatic rings. The molecule has 0 radical (unpaired) electrons. The van der Waals surface area contributed by atoms with Gasteiger partial charge < -0.3 is 15.7 Å². The lowest BCUT2D eigenvalue weighted by Gasteiger charge is -2.19. The van der Waals surface area contributed by atoms with Gasteiger partial charge in [-0.3, -0.25) is 0 Å². The van der Waals surface area contributed by atoms with E-state index in [1.54, 1.807) is 12.1 Å². The molecule has 0 unspecified atom stereocenters. The van der Waals surface area contributed by atoms with Crippen molar-refractivity contribution in [3.8, 4) is 0 Å². The van der Waals surface area contributed by atoms with Crippen LogP contribution in [0.2, 0.25) is 0 Å². The van der Waals surface area contributed by atoms with E-state index >= 15 is 0 Å². The summed E-state index contributed by atoms with van der Waals surface area (Å²) >= 11 is 3.24. The molecular formula is C13H17BrN2O3. The zero-order valence-corrected chi connectivity index (χ0v) is 12.7. The summed E-state index contributed by atoms with van der Waals surface area (Å²) in [4.78, 5) is 22.8. The molecule has 1 aromatic carbocycles. The van der Waals surface area contributed by atoms with Crippen LogP contribution in [0.3, 0.4) is 0 Å². The molecule has 0 bridgehead atoms. The van der Waals surface area contributed by atoms with Gasteiger partial charge in [0.2, 0.25) is 0 Å². The SMILES string of the molecule is CC(C)(C)CNC(=O)Nc1cc(Br)ccc1C(=O)O. The summed E-state index contributed by atoms with van der Waals surface area (Å²) in [5, 5.41) is 14.3. The first-order chi connectivity index (χ1) is 8.69. The fourth-order valence-corrected chi connectivity index (χ4v) is 1.68. The Balaban J connectivity index is 2.78. The number of benzene rings is 1. The van der Waals surface area contributed by atoms with Gasteiger partial charge in [-0.2, -0.15) is 0 Å². The normalized spacial score (nSPS) is 10.9. The quantitative estimate of drug-likeness (QED) is 0.796. The van der Waals surface area contributed by atoms with Crippen LogP contribution in [0.15, 0.2) is 22.7 Å². The maximum Gasteiger partial charge on any atom is 0.337 e. The highest BCUT2D eigenvalue weighted by Crippen LogP contribution is 2.21. The second-order valence-corrected chi connectivity index (χ2v) is 6.28. The predicted octanol–water partition coefficient (Wildman–Crippen LogP) is 3.31. The number of carbonyl (C=O) groups is 2. The van der Waals surface area contributed by atoms with Crippen molar-refractivity contribution in [3.05, 3.63) is 28.2 Å². The van der Waals surface area contributed by atoms with Crippen LogP contribution in [0.25, 0.3) is 0 Å². The van der Waals surface area contributed by atoms with Gasteiger partial charge in [-0.1, -0.05) is 36.7 Å². The zero-order chi connectivity index (χ0) is 14.6. The van der Waals surface area contributed by atoms with E-state index in [2.05, 4.69) is 26.6 Å². The first-order valence-corrected chi connectivity index (χ1v) is 6.56. The molecule has 0 spiro atoms. The topological polar surface area (TPSA) is 78.4 Å². The van der Waals surface area contributed by atoms with Crippen LogP contribution in [0.4, 0.5) is 10.5 Å². The van der Waals surface area contributed by atoms with E-state index in [1.807, 2.05) is 20.8 Å². The van der Waals surface area contributed by atoms with Crippen LogP contribution in [-0.2, 0) is 0 Å². The Morgan fingerprint density at radius 3 is 2.47 bits per heavy atom. The largest absolute Gasteiger partial charge is 0.478 e. The maximum absolute atomic E-state index is 11.7. The number of carboxylic acids is 1. The molecular weight excluding hydrogens is 312 g/mol. The Morgan fingerprint density at radius 2 is 1.95 bits per heavy atom. The Bertz CT molecular complexity index is 495. The Hall–Kier alpha value is -1.56. The van der Waals surface area contributed by atoms with Crippen molar-refractivity contribution in [2.45, 2.75) is 20.8 Å². The number of urea groups is 1. The van der Waals surface area contributed by atoms with Crippen molar-refractivity contribution in [3.63, 3.8) is 0 Å². The number of nitrogens with one attached hydrogen (secondary N) is 2. The van der Waals surface area contributed by atoms with Crippen molar-refractivity contribution in [2.24, 2.45) is 5.41 Å². The van der Waals surface area contributed by atoms with Gasteiger partial charge in [0.05, 0.1) is 11.3 Å². The number of carboxylic acid groups (broad SMARTS) is 1. The monoisotopic (exact) mass is 328 g/mol. The van der Waals surface area contributed by atoms with E-state index in [9.17, 15) is 9.59 Å². The molecule has 2 amide bonds. The van der Waals surface area contributed by atoms with E-state index < -0.39 is 12.0 Å². The molecule has 0 saturated carbocycles. The summed E-state index contributed by atoms with van der Waals surface area (Å²) in [7, 11) is 0. The minimum Gasteiger partial charge on any atom is -0.478 e. The van der Waals surface area contributed by atoms with Crippen LogP contribution >= 0.6 is 15.9 Å². The second-order valence-electron chi connectivity index (χ2n) is 5.36. The second kappa shape index (κ2) is 6.06. The highest BCUT2D eigenvalue weighted by molar-refractivity contribution is 9.10. The zero-order valence-electron chi connectivity index (χ0n) is 11.1. The number of carbonyl (C=O) groups excluding carboxylic acids is 1. The smallest absolute Gasteiger partial charge is 0.337 e. The number of rotatable bonds is 3. The predicted molar refractivity (Wildman–Crippen MR) is 77.6 cm³/mol. The third-order valence-electron chi connectivity index (χ3n) is 2.24. The highest BCUT2D eigenvalue weighted by atomic mass is 79.9. The number of amides is 2. The van der Waals surface area contributed by atoms with Crippen LogP contribution < -0.4 is 10.6 Å². The summed E-state index contributed by atoms with van der Waals surface area (Å²) < 4.78 is 0.698. The van der Waals surface area contributed by atoms with Gasteiger partial charge in [0.25, 0.3) is 0 Å². The van der Waals surface area contributed by atoms with E-state index in [-0.39, 0.29) is 16.7 Å². The summed E-state index contributed by atoms with van der Waals surface area (Å²) in [5.41, 5.74) is 0.270. The molecule has 0 fully saturated rings. The Morgan fingerprint density at radius 1 is 1.32 bits per heavy atom. The molecule has 0 saturated heterocycles. The highest BCUT2D eigenvalue weighted by Gasteiger charge is 2.15. The average Bonchev–Trinajstić information content (AvgIpc) is 2.25. The first-order valence-electron chi connectivity index (χ1n) is 5.77. The van der Waals surface area contributed by atoms with Crippen molar-refractivity contribution < 1.29 is 14.7 Å². The molecule has 0 aliphatic rings. The fourth-order valence-electron chi connectivity index (χ4n) is 1.32. The van der Waals surface area contributed by atoms with Crippen LogP contribution in [0.5, 0.6) is 0 Å². The number of anilines is 1. The molecule has 6 heteroatoms. The van der Waals surface area contributed by atoms with Crippen molar-refractivity contribution in [1.29, 1.82) is 0 Å². The van der Waals surface area contributed by atoms with E-state index in [0.717, 1.165) is 0 Å². The molecule has 1 rings (SSSR count). The third-order valence-corrected chi connectivity index (χ3v) is 2.73. The number of hydrogen-bond acceptors (Lipinski definition) is 2. The first kappa shape index (κ1) is 15.5. The van der Waals surface area contributed by atoms with Gasteiger partial charge in [0, 0.05) is 11.0 Å². The van der Waals surface area contributed by atoms with Crippen molar-refractivity contribution in [2.75, 3.05) is 11.9 Å². The van der Waals surface area contributed by atoms with Gasteiger partial charge in [-0.25, -0.2) is 9.59 Å². The lowest BCUT2D eigenvalue weighted by Crippen LogP contribution is -2.35. The maximum atomic E-state index is 11.7. The average molecular weight is 329 g/mol. The molecule has 104 valence electrons. The third kappa shape index (κ3) is 5.30. The van der Waals surface area contributed by atoms with Gasteiger partial charge in [0.15, 0.2) is 0 Å². The number of hydrogen-bond donors (Lipinski definition) is 3. The van der Waals surface area contributed by atoms with Gasteiger partial charge in [-0.15, -0.1) is 0 Å². The molecule has 0 aliphatic carbocycles. The lowest BCUT2D eigenvalue weighted by molar-refractivity contribution is 0.0698. The van der Waals surface area contributed by atoms with Gasteiger partial charge in [-0.05, 0) is 23.6 Å². The molecule has 0 aliphatic heterocycles. The lowest BCUT2D eigenvalue weighted by atomic mass is 9.97. The standard InChI is InChI=1S/C13H17BrN2O3/c1-13(2,3)7-15-12(19)16-10-6-8(14)4-5-9(10)11(17)18/h4-6H,7H2,1-3H3,(H,17,18)(H2,15,16,19). The molecule has 0 heterocycles. The molecule has 5 nitrogen and oxygen atoms in total. The fraction of sp³-hybridized carbons (Fsp3) is 0.385. The molecule has 19 heavy (non-hydrogen) atoms. The number of halogens is 1. The summed E-state index contributed by atoms with van der Waals surface area (Å²) in [6.07, 6.45) is 0. The molecule has 0 aromatic heterocycles. The summed E-state index contributed by atoms with van der Waals surface area (Å²) in [6.45, 7) is 6.48. The minimum atomic E-state index is -1.08. The molecule has 0 atom stereocenters. The van der Waals surface area contributed by atoms with Gasteiger partial charge >= 0.3 is 12.0 Å². The molecule has 3 N–H and O–H groups in total. The van der Waals surface area contributed by atoms with E-state index in [4.69, 9.17) is 5.11 Å². The summed E-state index contributed by atoms with van der Waals surface area (Å²) in [6, 6.07) is 4.18. The van der Waals surface area contributed by atoms with Crippen molar-refractivity contribution in [1.82, 2.24) is 5.32 Å². The summed E-state index contributed by atoms with van der Waals surface area (Å²) in [5.74, 6) is -1.08. The van der Waals surface area contributed by atoms with Crippen LogP contribution in [-0.4, -0.2) is 23.7 Å². The number of aromatic carboxylic acids is 1. The minimum absolute atomic E-state index is 0.0375. The van der Waals surface area contributed by atoms with Crippen molar-refractivity contribution >= 4 is 33.6 Å².